The van der Waals surface area contributed by atoms with Gasteiger partial charge in [-0.3, -0.25) is 14.0 Å². The van der Waals surface area contributed by atoms with Gasteiger partial charge in [-0.1, -0.05) is 11.6 Å². The number of alkyl halides is 3. The van der Waals surface area contributed by atoms with Crippen molar-refractivity contribution in [2.24, 2.45) is 0 Å². The molecule has 0 radical (unpaired) electrons. The van der Waals surface area contributed by atoms with Gasteiger partial charge >= 0.3 is 23.3 Å². The van der Waals surface area contributed by atoms with E-state index in [1.165, 1.54) is 30.1 Å². The van der Waals surface area contributed by atoms with E-state index in [0.717, 1.165) is 10.5 Å². The van der Waals surface area contributed by atoms with Gasteiger partial charge in [0, 0.05) is 16.8 Å². The molecule has 3 N–H and O–H groups in total. The number of nitrogens with zero attached hydrogens (tertiary/aromatic N) is 2. The van der Waals surface area contributed by atoms with Crippen molar-refractivity contribution in [1.29, 1.82) is 0 Å². The number of aromatic amines is 1. The van der Waals surface area contributed by atoms with E-state index in [9.17, 15) is 27.6 Å². The van der Waals surface area contributed by atoms with E-state index in [2.05, 4.69) is 20.6 Å². The lowest BCUT2D eigenvalue weighted by Crippen LogP contribution is -2.33. The maximum Gasteiger partial charge on any atom is 0.417 e. The number of halogens is 4. The van der Waals surface area contributed by atoms with Crippen LogP contribution in [-0.4, -0.2) is 26.7 Å². The molecule has 0 spiro atoms. The van der Waals surface area contributed by atoms with E-state index >= 15 is 0 Å². The van der Waals surface area contributed by atoms with Gasteiger partial charge in [-0.25, -0.2) is 4.79 Å². The fourth-order valence-electron chi connectivity index (χ4n) is 3.72. The third-order valence-electron chi connectivity index (χ3n) is 5.26. The zero-order chi connectivity index (χ0) is 25.8. The van der Waals surface area contributed by atoms with Crippen LogP contribution in [0.2, 0.25) is 5.02 Å². The molecule has 14 heteroatoms. The lowest BCUT2D eigenvalue weighted by Gasteiger charge is -2.15. The van der Waals surface area contributed by atoms with Crippen LogP contribution in [0.3, 0.4) is 0 Å². The number of thioether (sulfide) groups is 1. The SMILES string of the molecule is CSc1cc2oc3cc[nH]c4nc(=O)c(=O)n(c2cc1NC(=O)Nc1ccc(Cl)c(C(F)(F)F)c1)c43. The standard InChI is InChI=1S/C22H13ClF3N5O4S/c1-36-16-8-15-13(31-17-14(35-15)4-5-27-18(17)30-19(32)20(31)33)7-12(16)29-21(34)28-9-2-3-11(23)10(6-9)22(24,25)26/h2-8H,1H3,(H,27,30,32)(H2,28,29,34). The molecule has 2 aromatic carbocycles. The molecule has 5 aromatic rings. The van der Waals surface area contributed by atoms with Gasteiger partial charge < -0.3 is 20.0 Å². The molecule has 0 bridgehead atoms. The van der Waals surface area contributed by atoms with E-state index in [-0.39, 0.29) is 33.6 Å². The summed E-state index contributed by atoms with van der Waals surface area (Å²) >= 11 is 6.88. The van der Waals surface area contributed by atoms with Gasteiger partial charge in [-0.15, -0.1) is 11.8 Å². The fraction of sp³-hybridized carbons (Fsp3) is 0.0909. The lowest BCUT2D eigenvalue weighted by molar-refractivity contribution is -0.137. The minimum absolute atomic E-state index is 0.132. The Labute approximate surface area is 207 Å². The summed E-state index contributed by atoms with van der Waals surface area (Å²) in [6.07, 6.45) is -1.45. The molecule has 5 rings (SSSR count). The second-order valence-electron chi connectivity index (χ2n) is 7.49. The molecule has 2 amide bonds. The van der Waals surface area contributed by atoms with E-state index in [4.69, 9.17) is 16.0 Å². The van der Waals surface area contributed by atoms with Crippen molar-refractivity contribution in [2.75, 3.05) is 16.9 Å². The predicted molar refractivity (Wildman–Crippen MR) is 130 cm³/mol. The van der Waals surface area contributed by atoms with Gasteiger partial charge in [0.2, 0.25) is 0 Å². The van der Waals surface area contributed by atoms with Gasteiger partial charge in [0.25, 0.3) is 0 Å². The van der Waals surface area contributed by atoms with Crippen LogP contribution in [0.25, 0.3) is 27.8 Å². The molecule has 3 aromatic heterocycles. The number of aromatic nitrogens is 3. The first kappa shape index (κ1) is 23.8. The molecule has 184 valence electrons. The maximum absolute atomic E-state index is 13.1. The smallest absolute Gasteiger partial charge is 0.417 e. The lowest BCUT2D eigenvalue weighted by atomic mass is 10.2. The van der Waals surface area contributed by atoms with Crippen molar-refractivity contribution >= 4 is 68.6 Å². The van der Waals surface area contributed by atoms with E-state index < -0.39 is 33.9 Å². The van der Waals surface area contributed by atoms with E-state index in [1.807, 2.05) is 0 Å². The summed E-state index contributed by atoms with van der Waals surface area (Å²) in [6, 6.07) is 6.70. The number of H-pyrrole nitrogens is 1. The summed E-state index contributed by atoms with van der Waals surface area (Å²) in [5.41, 5.74) is -1.81. The Morgan fingerprint density at radius 3 is 2.64 bits per heavy atom. The average Bonchev–Trinajstić information content (AvgIpc) is 2.82. The summed E-state index contributed by atoms with van der Waals surface area (Å²) in [4.78, 5) is 44.7. The molecule has 0 aliphatic carbocycles. The molecule has 0 saturated carbocycles. The summed E-state index contributed by atoms with van der Waals surface area (Å²) in [5.74, 6) is 0. The summed E-state index contributed by atoms with van der Waals surface area (Å²) < 4.78 is 46.5. The molecule has 0 aliphatic rings. The highest BCUT2D eigenvalue weighted by molar-refractivity contribution is 7.98. The summed E-state index contributed by atoms with van der Waals surface area (Å²) in [7, 11) is 0. The number of anilines is 2. The number of urea groups is 1. The first-order valence-electron chi connectivity index (χ1n) is 10.1. The molecule has 0 saturated heterocycles. The molecule has 0 aliphatic heterocycles. The monoisotopic (exact) mass is 535 g/mol. The van der Waals surface area contributed by atoms with Gasteiger partial charge in [0.15, 0.2) is 16.8 Å². The zero-order valence-electron chi connectivity index (χ0n) is 18.0. The highest BCUT2D eigenvalue weighted by atomic mass is 35.5. The van der Waals surface area contributed by atoms with Gasteiger partial charge in [-0.05, 0) is 42.7 Å². The number of pyridine rings is 1. The number of nitrogens with one attached hydrogen (secondary N) is 3. The number of fused-ring (bicyclic) bond motifs is 2. The second kappa shape index (κ2) is 8.60. The zero-order valence-corrected chi connectivity index (χ0v) is 19.6. The number of amides is 2. The molecular formula is C22H13ClF3N5O4S. The summed E-state index contributed by atoms with van der Waals surface area (Å²) in [6.45, 7) is 0. The highest BCUT2D eigenvalue weighted by Crippen LogP contribution is 2.36. The van der Waals surface area contributed by atoms with E-state index in [1.54, 1.807) is 18.4 Å². The maximum atomic E-state index is 13.1. The molecular weight excluding hydrogens is 523 g/mol. The number of carbonyl (C=O) groups excluding carboxylic acids is 1. The van der Waals surface area contributed by atoms with Crippen LogP contribution in [-0.2, 0) is 6.18 Å². The van der Waals surface area contributed by atoms with Gasteiger partial charge in [-0.2, -0.15) is 18.2 Å². The quantitative estimate of drug-likeness (QED) is 0.124. The number of rotatable bonds is 3. The Kier molecular flexibility index (Phi) is 5.68. The molecule has 3 heterocycles. The second-order valence-corrected chi connectivity index (χ2v) is 8.75. The summed E-state index contributed by atoms with van der Waals surface area (Å²) in [5, 5.41) is 4.40. The molecule has 0 unspecified atom stereocenters. The topological polar surface area (TPSA) is 122 Å². The van der Waals surface area contributed by atoms with Crippen molar-refractivity contribution in [1.82, 2.24) is 14.4 Å². The third-order valence-corrected chi connectivity index (χ3v) is 6.36. The molecule has 36 heavy (non-hydrogen) atoms. The van der Waals surface area contributed by atoms with Crippen LogP contribution in [0, 0.1) is 0 Å². The molecule has 0 atom stereocenters. The predicted octanol–water partition coefficient (Wildman–Crippen LogP) is 5.32. The highest BCUT2D eigenvalue weighted by Gasteiger charge is 2.33. The van der Waals surface area contributed by atoms with E-state index in [0.29, 0.717) is 16.5 Å². The first-order valence-corrected chi connectivity index (χ1v) is 11.7. The fourth-order valence-corrected chi connectivity index (χ4v) is 4.50. The minimum atomic E-state index is -4.70. The Balaban J connectivity index is 1.60. The molecule has 0 fully saturated rings. The van der Waals surface area contributed by atoms with Crippen molar-refractivity contribution < 1.29 is 22.4 Å². The Hall–Kier alpha value is -3.97. The largest absolute Gasteiger partial charge is 0.453 e. The van der Waals surface area contributed by atoms with Crippen molar-refractivity contribution in [3.05, 3.63) is 73.9 Å². The normalized spacial score (nSPS) is 11.9. The minimum Gasteiger partial charge on any atom is -0.453 e. The number of hydrogen-bond donors (Lipinski definition) is 3. The number of hydrogen-bond acceptors (Lipinski definition) is 6. The van der Waals surface area contributed by atoms with Crippen LogP contribution < -0.4 is 21.8 Å². The van der Waals surface area contributed by atoms with Crippen LogP contribution in [0.5, 0.6) is 0 Å². The Morgan fingerprint density at radius 1 is 1.14 bits per heavy atom. The van der Waals surface area contributed by atoms with Gasteiger partial charge in [0.05, 0.1) is 21.8 Å². The van der Waals surface area contributed by atoms with Crippen LogP contribution in [0.15, 0.2) is 61.5 Å². The van der Waals surface area contributed by atoms with Crippen molar-refractivity contribution in [2.45, 2.75) is 11.1 Å². The average molecular weight is 536 g/mol. The van der Waals surface area contributed by atoms with Crippen LogP contribution in [0.1, 0.15) is 5.56 Å². The first-order chi connectivity index (χ1) is 17.1. The van der Waals surface area contributed by atoms with Crippen molar-refractivity contribution in [3.8, 4) is 0 Å². The third kappa shape index (κ3) is 4.05. The van der Waals surface area contributed by atoms with Crippen LogP contribution >= 0.6 is 23.4 Å². The van der Waals surface area contributed by atoms with Gasteiger partial charge in [0.1, 0.15) is 5.52 Å². The molecule has 9 nitrogen and oxygen atoms in total. The Bertz CT molecular complexity index is 1810. The Morgan fingerprint density at radius 2 is 1.92 bits per heavy atom. The number of carbonyl (C=O) groups is 1. The van der Waals surface area contributed by atoms with Crippen LogP contribution in [0.4, 0.5) is 29.3 Å². The van der Waals surface area contributed by atoms with Crippen molar-refractivity contribution in [3.63, 3.8) is 0 Å². The number of benzene rings is 2.